The fraction of sp³-hybridized carbons (Fsp3) is 1.00. The molecule has 0 spiro atoms. The summed E-state index contributed by atoms with van der Waals surface area (Å²) in [6.07, 6.45) is 2.63. The summed E-state index contributed by atoms with van der Waals surface area (Å²) in [4.78, 5) is 0. The van der Waals surface area contributed by atoms with Gasteiger partial charge in [0.2, 0.25) is 0 Å². The Morgan fingerprint density at radius 3 is 2.44 bits per heavy atom. The molecule has 0 aliphatic carbocycles. The van der Waals surface area contributed by atoms with Crippen LogP contribution in [0.2, 0.25) is 0 Å². The van der Waals surface area contributed by atoms with Gasteiger partial charge < -0.3 is 5.32 Å². The zero-order valence-corrected chi connectivity index (χ0v) is 6.91. The molecule has 0 radical (unpaired) electrons. The highest BCUT2D eigenvalue weighted by atomic mass is 14.8. The lowest BCUT2D eigenvalue weighted by Gasteiger charge is -2.06. The fourth-order valence-corrected chi connectivity index (χ4v) is 0.729. The molecule has 0 unspecified atom stereocenters. The zero-order valence-electron chi connectivity index (χ0n) is 6.91. The molecule has 9 heavy (non-hydrogen) atoms. The molecular formula is C8H19N. The molecule has 0 saturated carbocycles. The molecule has 0 amide bonds. The summed E-state index contributed by atoms with van der Waals surface area (Å²) < 4.78 is 0. The fourth-order valence-electron chi connectivity index (χ4n) is 0.729. The zero-order chi connectivity index (χ0) is 7.11. The quantitative estimate of drug-likeness (QED) is 0.560. The highest BCUT2D eigenvalue weighted by molar-refractivity contribution is 4.51. The van der Waals surface area contributed by atoms with E-state index in [1.165, 1.54) is 19.4 Å². The maximum absolute atomic E-state index is 3.31. The second-order valence-electron chi connectivity index (χ2n) is 2.66. The van der Waals surface area contributed by atoms with Crippen LogP contribution < -0.4 is 5.32 Å². The summed E-state index contributed by atoms with van der Waals surface area (Å²) in [7, 11) is 0. The van der Waals surface area contributed by atoms with E-state index in [0.29, 0.717) is 0 Å². The molecule has 0 fully saturated rings. The average molecular weight is 129 g/mol. The van der Waals surface area contributed by atoms with E-state index in [2.05, 4.69) is 26.1 Å². The van der Waals surface area contributed by atoms with Crippen LogP contribution in [-0.2, 0) is 0 Å². The normalized spacial score (nSPS) is 13.7. The van der Waals surface area contributed by atoms with Crippen LogP contribution in [0.4, 0.5) is 0 Å². The number of nitrogens with one attached hydrogen (secondary N) is 1. The van der Waals surface area contributed by atoms with E-state index in [0.717, 1.165) is 12.5 Å². The second kappa shape index (κ2) is 6.09. The molecule has 0 rings (SSSR count). The van der Waals surface area contributed by atoms with E-state index < -0.39 is 0 Å². The summed E-state index contributed by atoms with van der Waals surface area (Å²) in [5.74, 6) is 0.893. The Labute approximate surface area is 58.8 Å². The number of rotatable bonds is 5. The third-order valence-corrected chi connectivity index (χ3v) is 1.76. The van der Waals surface area contributed by atoms with Crippen LogP contribution in [0.1, 0.15) is 33.6 Å². The van der Waals surface area contributed by atoms with Gasteiger partial charge in [0, 0.05) is 0 Å². The Morgan fingerprint density at radius 1 is 1.33 bits per heavy atom. The molecule has 0 bridgehead atoms. The second-order valence-corrected chi connectivity index (χ2v) is 2.66. The van der Waals surface area contributed by atoms with Crippen molar-refractivity contribution in [2.24, 2.45) is 5.92 Å². The van der Waals surface area contributed by atoms with Crippen LogP contribution in [-0.4, -0.2) is 13.1 Å². The van der Waals surface area contributed by atoms with Crippen LogP contribution in [0, 0.1) is 5.92 Å². The summed E-state index contributed by atoms with van der Waals surface area (Å²) in [6, 6.07) is 0. The summed E-state index contributed by atoms with van der Waals surface area (Å²) in [6.45, 7) is 8.99. The van der Waals surface area contributed by atoms with Crippen molar-refractivity contribution >= 4 is 0 Å². The predicted octanol–water partition coefficient (Wildman–Crippen LogP) is 2.03. The van der Waals surface area contributed by atoms with Gasteiger partial charge in [-0.3, -0.25) is 0 Å². The molecule has 1 N–H and O–H groups in total. The third-order valence-electron chi connectivity index (χ3n) is 1.76. The highest BCUT2D eigenvalue weighted by Gasteiger charge is 1.95. The van der Waals surface area contributed by atoms with Crippen molar-refractivity contribution in [3.63, 3.8) is 0 Å². The van der Waals surface area contributed by atoms with E-state index >= 15 is 0 Å². The van der Waals surface area contributed by atoms with Gasteiger partial charge in [0.1, 0.15) is 0 Å². The minimum absolute atomic E-state index is 0.893. The Balaban J connectivity index is 2.88. The van der Waals surface area contributed by atoms with Crippen LogP contribution in [0.3, 0.4) is 0 Å². The average Bonchev–Trinajstić information content (AvgIpc) is 1.89. The van der Waals surface area contributed by atoms with Gasteiger partial charge >= 0.3 is 0 Å². The van der Waals surface area contributed by atoms with Crippen LogP contribution in [0.5, 0.6) is 0 Å². The van der Waals surface area contributed by atoms with E-state index in [-0.39, 0.29) is 0 Å². The van der Waals surface area contributed by atoms with Crippen molar-refractivity contribution in [1.82, 2.24) is 5.32 Å². The van der Waals surface area contributed by atoms with Crippen molar-refractivity contribution in [3.05, 3.63) is 0 Å². The summed E-state index contributed by atoms with van der Waals surface area (Å²) in [5, 5.41) is 3.31. The maximum atomic E-state index is 3.31. The lowest BCUT2D eigenvalue weighted by Crippen LogP contribution is -2.16. The standard InChI is InChI=1S/C8H19N/c1-4-8(3)6-7-9-5-2/h8-9H,4-7H2,1-3H3/t8-/m0/s1. The van der Waals surface area contributed by atoms with Gasteiger partial charge in [0.15, 0.2) is 0 Å². The Morgan fingerprint density at radius 2 is 2.00 bits per heavy atom. The summed E-state index contributed by atoms with van der Waals surface area (Å²) in [5.41, 5.74) is 0. The molecule has 1 atom stereocenters. The Bertz CT molecular complexity index is 52.5. The van der Waals surface area contributed by atoms with Crippen LogP contribution in [0.25, 0.3) is 0 Å². The number of hydrogen-bond donors (Lipinski definition) is 1. The first-order valence-corrected chi connectivity index (χ1v) is 4.02. The molecule has 0 heterocycles. The lowest BCUT2D eigenvalue weighted by molar-refractivity contribution is 0.493. The maximum Gasteiger partial charge on any atom is -0.00465 e. The molecule has 0 aromatic carbocycles. The molecule has 0 saturated heterocycles. The van der Waals surface area contributed by atoms with Gasteiger partial charge in [-0.05, 0) is 25.4 Å². The first-order valence-electron chi connectivity index (χ1n) is 4.02. The molecule has 1 nitrogen and oxygen atoms in total. The molecule has 1 heteroatoms. The minimum Gasteiger partial charge on any atom is -0.317 e. The topological polar surface area (TPSA) is 12.0 Å². The first-order chi connectivity index (χ1) is 4.31. The Kier molecular flexibility index (Phi) is 6.06. The van der Waals surface area contributed by atoms with Crippen molar-refractivity contribution in [2.45, 2.75) is 33.6 Å². The SMILES string of the molecule is CCNCC[C@@H](C)CC. The smallest absolute Gasteiger partial charge is 0.00465 e. The summed E-state index contributed by atoms with van der Waals surface area (Å²) >= 11 is 0. The van der Waals surface area contributed by atoms with E-state index in [4.69, 9.17) is 0 Å². The van der Waals surface area contributed by atoms with Gasteiger partial charge in [0.25, 0.3) is 0 Å². The van der Waals surface area contributed by atoms with Gasteiger partial charge in [-0.15, -0.1) is 0 Å². The molecule has 0 aliphatic heterocycles. The van der Waals surface area contributed by atoms with Gasteiger partial charge in [-0.25, -0.2) is 0 Å². The van der Waals surface area contributed by atoms with Crippen molar-refractivity contribution < 1.29 is 0 Å². The van der Waals surface area contributed by atoms with Gasteiger partial charge in [-0.2, -0.15) is 0 Å². The van der Waals surface area contributed by atoms with Crippen molar-refractivity contribution in [1.29, 1.82) is 0 Å². The minimum atomic E-state index is 0.893. The monoisotopic (exact) mass is 129 g/mol. The molecular weight excluding hydrogens is 110 g/mol. The molecule has 0 aromatic rings. The van der Waals surface area contributed by atoms with Crippen LogP contribution in [0.15, 0.2) is 0 Å². The van der Waals surface area contributed by atoms with Gasteiger partial charge in [0.05, 0.1) is 0 Å². The number of hydrogen-bond acceptors (Lipinski definition) is 1. The molecule has 0 aromatic heterocycles. The Hall–Kier alpha value is -0.0400. The van der Waals surface area contributed by atoms with Crippen molar-refractivity contribution in [2.75, 3.05) is 13.1 Å². The predicted molar refractivity (Wildman–Crippen MR) is 42.6 cm³/mol. The first kappa shape index (κ1) is 8.96. The molecule has 0 aliphatic rings. The highest BCUT2D eigenvalue weighted by Crippen LogP contribution is 2.03. The van der Waals surface area contributed by atoms with Crippen molar-refractivity contribution in [3.8, 4) is 0 Å². The van der Waals surface area contributed by atoms with E-state index in [9.17, 15) is 0 Å². The van der Waals surface area contributed by atoms with E-state index in [1.807, 2.05) is 0 Å². The largest absolute Gasteiger partial charge is 0.317 e. The van der Waals surface area contributed by atoms with Gasteiger partial charge in [-0.1, -0.05) is 27.2 Å². The van der Waals surface area contributed by atoms with E-state index in [1.54, 1.807) is 0 Å². The van der Waals surface area contributed by atoms with Crippen LogP contribution >= 0.6 is 0 Å². The molecule has 56 valence electrons. The third kappa shape index (κ3) is 5.84. The lowest BCUT2D eigenvalue weighted by atomic mass is 10.1.